The molecule has 1 fully saturated rings. The third kappa shape index (κ3) is 5.91. The number of nitrogens with two attached hydrogens (primary N) is 1. The molecule has 0 radical (unpaired) electrons. The van der Waals surface area contributed by atoms with Crippen LogP contribution in [0.3, 0.4) is 0 Å². The smallest absolute Gasteiger partial charge is 0.0818 e. The molecule has 4 N–H and O–H groups in total. The van der Waals surface area contributed by atoms with Crippen molar-refractivity contribution in [2.75, 3.05) is 6.54 Å². The normalized spacial score (nSPS) is 23.4. The Morgan fingerprint density at radius 1 is 1.13 bits per heavy atom. The van der Waals surface area contributed by atoms with E-state index in [4.69, 9.17) is 5.73 Å². The summed E-state index contributed by atoms with van der Waals surface area (Å²) in [5.41, 5.74) is 8.08. The van der Waals surface area contributed by atoms with Crippen molar-refractivity contribution in [3.63, 3.8) is 0 Å². The number of hydrogen-bond donors (Lipinski definition) is 3. The topological polar surface area (TPSA) is 58.3 Å². The van der Waals surface area contributed by atoms with Gasteiger partial charge < -0.3 is 16.2 Å². The van der Waals surface area contributed by atoms with Crippen LogP contribution in [0.2, 0.25) is 0 Å². The molecule has 1 aromatic rings. The van der Waals surface area contributed by atoms with Gasteiger partial charge in [-0.2, -0.15) is 0 Å². The highest BCUT2D eigenvalue weighted by molar-refractivity contribution is 5.16. The SMILES string of the molecule is CC1(C)CC(NC[C@@H](O)[C@@H](N)Cc2ccccc2)CC(C)(C)C1. The van der Waals surface area contributed by atoms with Crippen LogP contribution in [0.4, 0.5) is 0 Å². The third-order valence-electron chi connectivity index (χ3n) is 4.98. The Labute approximate surface area is 141 Å². The van der Waals surface area contributed by atoms with Gasteiger partial charge in [-0.3, -0.25) is 0 Å². The van der Waals surface area contributed by atoms with Gasteiger partial charge in [0.1, 0.15) is 0 Å². The molecule has 3 heteroatoms. The zero-order valence-corrected chi connectivity index (χ0v) is 15.2. The van der Waals surface area contributed by atoms with E-state index in [9.17, 15) is 5.11 Å². The van der Waals surface area contributed by atoms with Gasteiger partial charge in [0, 0.05) is 18.6 Å². The molecular formula is C20H34N2O. The molecule has 0 aromatic heterocycles. The van der Waals surface area contributed by atoms with Crippen LogP contribution in [0.25, 0.3) is 0 Å². The van der Waals surface area contributed by atoms with Crippen molar-refractivity contribution in [3.05, 3.63) is 35.9 Å². The molecule has 2 rings (SSSR count). The van der Waals surface area contributed by atoms with E-state index >= 15 is 0 Å². The molecule has 0 bridgehead atoms. The molecule has 1 aliphatic rings. The van der Waals surface area contributed by atoms with Crippen molar-refractivity contribution in [2.24, 2.45) is 16.6 Å². The lowest BCUT2D eigenvalue weighted by atomic mass is 9.63. The monoisotopic (exact) mass is 318 g/mol. The lowest BCUT2D eigenvalue weighted by molar-refractivity contribution is 0.0724. The van der Waals surface area contributed by atoms with Crippen molar-refractivity contribution in [1.82, 2.24) is 5.32 Å². The number of aliphatic hydroxyl groups is 1. The maximum Gasteiger partial charge on any atom is 0.0818 e. The van der Waals surface area contributed by atoms with E-state index in [1.807, 2.05) is 18.2 Å². The van der Waals surface area contributed by atoms with Crippen LogP contribution >= 0.6 is 0 Å². The highest BCUT2D eigenvalue weighted by Gasteiger charge is 2.38. The van der Waals surface area contributed by atoms with Gasteiger partial charge in [0.25, 0.3) is 0 Å². The summed E-state index contributed by atoms with van der Waals surface area (Å²) < 4.78 is 0. The van der Waals surface area contributed by atoms with E-state index in [-0.39, 0.29) is 6.04 Å². The summed E-state index contributed by atoms with van der Waals surface area (Å²) in [7, 11) is 0. The van der Waals surface area contributed by atoms with E-state index in [0.717, 1.165) is 12.8 Å². The second-order valence-corrected chi connectivity index (χ2v) is 8.94. The Kier molecular flexibility index (Phi) is 5.88. The number of rotatable bonds is 6. The molecule has 0 amide bonds. The van der Waals surface area contributed by atoms with E-state index in [2.05, 4.69) is 45.1 Å². The first-order valence-corrected chi connectivity index (χ1v) is 8.88. The number of aliphatic hydroxyl groups excluding tert-OH is 1. The summed E-state index contributed by atoms with van der Waals surface area (Å²) in [5.74, 6) is 0. The quantitative estimate of drug-likeness (QED) is 0.755. The molecule has 130 valence electrons. The minimum atomic E-state index is -0.511. The zero-order valence-electron chi connectivity index (χ0n) is 15.2. The number of hydrogen-bond acceptors (Lipinski definition) is 3. The average molecular weight is 319 g/mol. The van der Waals surface area contributed by atoms with Crippen LogP contribution in [0, 0.1) is 10.8 Å². The van der Waals surface area contributed by atoms with Crippen molar-refractivity contribution >= 4 is 0 Å². The summed E-state index contributed by atoms with van der Waals surface area (Å²) in [6, 6.07) is 10.4. The average Bonchev–Trinajstić information content (AvgIpc) is 2.42. The van der Waals surface area contributed by atoms with Gasteiger partial charge in [0.2, 0.25) is 0 Å². The highest BCUT2D eigenvalue weighted by atomic mass is 16.3. The van der Waals surface area contributed by atoms with Crippen LogP contribution in [0.1, 0.15) is 52.5 Å². The standard InChI is InChI=1S/C20H34N2O/c1-19(2)11-16(12-20(3,4)14-19)22-13-18(23)17(21)10-15-8-6-5-7-9-15/h5-9,16-18,22-23H,10-14,21H2,1-4H3/t17-,18+/m0/s1. The number of nitrogens with one attached hydrogen (secondary N) is 1. The predicted molar refractivity (Wildman–Crippen MR) is 97.3 cm³/mol. The van der Waals surface area contributed by atoms with E-state index < -0.39 is 6.10 Å². The van der Waals surface area contributed by atoms with Crippen LogP contribution in [0.5, 0.6) is 0 Å². The van der Waals surface area contributed by atoms with Gasteiger partial charge in [-0.1, -0.05) is 58.0 Å². The van der Waals surface area contributed by atoms with Gasteiger partial charge in [0.15, 0.2) is 0 Å². The van der Waals surface area contributed by atoms with Crippen LogP contribution in [0.15, 0.2) is 30.3 Å². The molecule has 23 heavy (non-hydrogen) atoms. The van der Waals surface area contributed by atoms with Crippen LogP contribution in [-0.4, -0.2) is 29.8 Å². The first kappa shape index (κ1) is 18.4. The highest BCUT2D eigenvalue weighted by Crippen LogP contribution is 2.45. The first-order chi connectivity index (χ1) is 10.7. The maximum atomic E-state index is 10.4. The Hall–Kier alpha value is -0.900. The van der Waals surface area contributed by atoms with E-state index in [0.29, 0.717) is 29.8 Å². The molecule has 0 saturated heterocycles. The Morgan fingerprint density at radius 3 is 2.26 bits per heavy atom. The summed E-state index contributed by atoms with van der Waals surface area (Å²) in [4.78, 5) is 0. The first-order valence-electron chi connectivity index (χ1n) is 8.88. The lowest BCUT2D eigenvalue weighted by Gasteiger charge is -2.45. The molecular weight excluding hydrogens is 284 g/mol. The Bertz CT molecular complexity index is 468. The lowest BCUT2D eigenvalue weighted by Crippen LogP contribution is -2.49. The van der Waals surface area contributed by atoms with Crippen LogP contribution < -0.4 is 11.1 Å². The largest absolute Gasteiger partial charge is 0.390 e. The summed E-state index contributed by atoms with van der Waals surface area (Å²) in [5, 5.41) is 14.0. The Morgan fingerprint density at radius 2 is 1.70 bits per heavy atom. The molecule has 0 heterocycles. The molecule has 1 saturated carbocycles. The van der Waals surface area contributed by atoms with Gasteiger partial charge in [-0.15, -0.1) is 0 Å². The summed E-state index contributed by atoms with van der Waals surface area (Å²) in [6.07, 6.45) is 3.79. The minimum Gasteiger partial charge on any atom is -0.390 e. The predicted octanol–water partition coefficient (Wildman–Crippen LogP) is 3.11. The van der Waals surface area contributed by atoms with E-state index in [1.54, 1.807) is 0 Å². The second-order valence-electron chi connectivity index (χ2n) is 8.94. The fourth-order valence-corrected chi connectivity index (χ4v) is 4.45. The molecule has 1 aromatic carbocycles. The van der Waals surface area contributed by atoms with Gasteiger partial charge >= 0.3 is 0 Å². The molecule has 2 atom stereocenters. The Balaban J connectivity index is 1.82. The minimum absolute atomic E-state index is 0.227. The molecule has 0 spiro atoms. The molecule has 0 unspecified atom stereocenters. The van der Waals surface area contributed by atoms with Crippen molar-refractivity contribution < 1.29 is 5.11 Å². The maximum absolute atomic E-state index is 10.4. The van der Waals surface area contributed by atoms with Crippen LogP contribution in [-0.2, 0) is 6.42 Å². The van der Waals surface area contributed by atoms with Crippen molar-refractivity contribution in [1.29, 1.82) is 0 Å². The van der Waals surface area contributed by atoms with Gasteiger partial charge in [-0.05, 0) is 42.1 Å². The fourth-order valence-electron chi connectivity index (χ4n) is 4.45. The van der Waals surface area contributed by atoms with Gasteiger partial charge in [0.05, 0.1) is 6.10 Å². The molecule has 1 aliphatic carbocycles. The molecule has 3 nitrogen and oxygen atoms in total. The third-order valence-corrected chi connectivity index (χ3v) is 4.98. The fraction of sp³-hybridized carbons (Fsp3) is 0.700. The van der Waals surface area contributed by atoms with Gasteiger partial charge in [-0.25, -0.2) is 0 Å². The second kappa shape index (κ2) is 7.33. The zero-order chi connectivity index (χ0) is 17.1. The van der Waals surface area contributed by atoms with E-state index in [1.165, 1.54) is 12.0 Å². The molecule has 0 aliphatic heterocycles. The summed E-state index contributed by atoms with van der Waals surface area (Å²) in [6.45, 7) is 9.96. The number of benzene rings is 1. The summed E-state index contributed by atoms with van der Waals surface area (Å²) >= 11 is 0. The van der Waals surface area contributed by atoms with Crippen molar-refractivity contribution in [3.8, 4) is 0 Å². The van der Waals surface area contributed by atoms with Crippen molar-refractivity contribution in [2.45, 2.75) is 71.6 Å².